The summed E-state index contributed by atoms with van der Waals surface area (Å²) >= 11 is 0. The van der Waals surface area contributed by atoms with Crippen molar-refractivity contribution in [1.82, 2.24) is 51.8 Å². The zero-order valence-corrected chi connectivity index (χ0v) is 39.2. The standard InChI is InChI=1S/C50H72N10O6/c1-5-35(3)43(59-47(63)41(29-39-31-51-33-55-39)57-45(61)37-23-17-15-18-24-37)49(65)53-27-21-13-11-9-7-8-10-12-14-22-28-54-50(66)44(36(4)6-2)60-48(64)42(30-40-32-52-34-56-40)58-46(62)38-25-19-16-20-26-38/h15-20,23-26,31-36,41-44H,5-14,21-22,27-30H2,1-4H3,(H,51,55)(H,52,56)(H,53,65)(H,54,66)(H,57,61)(H,58,62)(H,59,63)(H,60,64)/t35?,36?,41-,42+,43-,44+. The minimum atomic E-state index is -0.913. The van der Waals surface area contributed by atoms with Crippen molar-refractivity contribution in [3.05, 3.63) is 108 Å². The van der Waals surface area contributed by atoms with Crippen molar-refractivity contribution in [1.29, 1.82) is 0 Å². The summed E-state index contributed by atoms with van der Waals surface area (Å²) in [6, 6.07) is 14.1. The molecule has 4 rings (SSSR count). The highest BCUT2D eigenvalue weighted by Gasteiger charge is 2.32. The first-order valence-corrected chi connectivity index (χ1v) is 23.8. The Morgan fingerprint density at radius 3 is 1.15 bits per heavy atom. The van der Waals surface area contributed by atoms with Crippen LogP contribution in [0, 0.1) is 11.8 Å². The van der Waals surface area contributed by atoms with Crippen LogP contribution in [0.5, 0.6) is 0 Å². The summed E-state index contributed by atoms with van der Waals surface area (Å²) in [6.07, 6.45) is 18.3. The van der Waals surface area contributed by atoms with Gasteiger partial charge in [0.1, 0.15) is 24.2 Å². The van der Waals surface area contributed by atoms with E-state index in [0.717, 1.165) is 64.2 Å². The first-order chi connectivity index (χ1) is 32.0. The van der Waals surface area contributed by atoms with Crippen LogP contribution in [0.15, 0.2) is 85.7 Å². The number of aromatic amines is 2. The molecule has 2 heterocycles. The lowest BCUT2D eigenvalue weighted by atomic mass is 9.97. The molecule has 0 fully saturated rings. The van der Waals surface area contributed by atoms with E-state index in [4.69, 9.17) is 0 Å². The van der Waals surface area contributed by atoms with Crippen LogP contribution in [0.2, 0.25) is 0 Å². The summed E-state index contributed by atoms with van der Waals surface area (Å²) in [6.45, 7) is 8.85. The largest absolute Gasteiger partial charge is 0.354 e. The van der Waals surface area contributed by atoms with Crippen molar-refractivity contribution in [3.63, 3.8) is 0 Å². The van der Waals surface area contributed by atoms with Gasteiger partial charge in [-0.2, -0.15) is 0 Å². The Hall–Kier alpha value is -6.32. The predicted molar refractivity (Wildman–Crippen MR) is 255 cm³/mol. The van der Waals surface area contributed by atoms with E-state index in [1.807, 2.05) is 39.8 Å². The molecule has 4 aromatic rings. The lowest BCUT2D eigenvalue weighted by Crippen LogP contribution is -2.56. The van der Waals surface area contributed by atoms with E-state index in [2.05, 4.69) is 51.8 Å². The fourth-order valence-electron chi connectivity index (χ4n) is 7.53. The smallest absolute Gasteiger partial charge is 0.251 e. The van der Waals surface area contributed by atoms with Gasteiger partial charge in [0.15, 0.2) is 0 Å². The monoisotopic (exact) mass is 909 g/mol. The van der Waals surface area contributed by atoms with Gasteiger partial charge in [-0.05, 0) is 48.9 Å². The van der Waals surface area contributed by atoms with E-state index in [9.17, 15) is 28.8 Å². The molecule has 2 aromatic heterocycles. The number of imidazole rings is 2. The number of H-pyrrole nitrogens is 2. The molecule has 8 N–H and O–H groups in total. The van der Waals surface area contributed by atoms with Crippen molar-refractivity contribution < 1.29 is 28.8 Å². The molecule has 0 saturated heterocycles. The number of benzene rings is 2. The number of carbonyl (C=O) groups is 6. The van der Waals surface area contributed by atoms with E-state index in [1.54, 1.807) is 60.9 Å². The summed E-state index contributed by atoms with van der Waals surface area (Å²) in [5, 5.41) is 17.6. The zero-order chi connectivity index (χ0) is 47.5. The molecule has 0 aliphatic rings. The van der Waals surface area contributed by atoms with Crippen LogP contribution in [0.4, 0.5) is 0 Å². The van der Waals surface area contributed by atoms with Crippen molar-refractivity contribution in [3.8, 4) is 0 Å². The fraction of sp³-hybridized carbons (Fsp3) is 0.520. The number of hydrogen-bond acceptors (Lipinski definition) is 8. The average molecular weight is 909 g/mol. The first-order valence-electron chi connectivity index (χ1n) is 23.8. The maximum Gasteiger partial charge on any atom is 0.251 e. The summed E-state index contributed by atoms with van der Waals surface area (Å²) in [7, 11) is 0. The van der Waals surface area contributed by atoms with Crippen molar-refractivity contribution in [2.75, 3.05) is 13.1 Å². The van der Waals surface area contributed by atoms with Gasteiger partial charge in [0.25, 0.3) is 11.8 Å². The third kappa shape index (κ3) is 18.3. The number of nitrogens with one attached hydrogen (secondary N) is 8. The Balaban J connectivity index is 1.09. The van der Waals surface area contributed by atoms with E-state index in [-0.39, 0.29) is 48.3 Å². The summed E-state index contributed by atoms with van der Waals surface area (Å²) < 4.78 is 0. The van der Waals surface area contributed by atoms with Gasteiger partial charge in [0, 0.05) is 60.8 Å². The van der Waals surface area contributed by atoms with Crippen LogP contribution in [-0.2, 0) is 32.0 Å². The molecule has 0 saturated carbocycles. The number of unbranched alkanes of at least 4 members (excludes halogenated alkanes) is 9. The molecule has 2 aromatic carbocycles. The van der Waals surface area contributed by atoms with Gasteiger partial charge in [0.2, 0.25) is 23.6 Å². The highest BCUT2D eigenvalue weighted by Crippen LogP contribution is 2.14. The SMILES string of the molecule is CCC(C)[C@H](NC(=O)[C@H](Cc1cnc[nH]1)NC(=O)c1ccccc1)C(=O)NCCCCCCCCCCCCNC(=O)[C@H](NC(=O)[C@@H](Cc1cnc[nH]1)NC(=O)c1ccccc1)C(C)CC. The molecule has 0 bridgehead atoms. The van der Waals surface area contributed by atoms with Crippen LogP contribution in [0.3, 0.4) is 0 Å². The van der Waals surface area contributed by atoms with Gasteiger partial charge < -0.3 is 41.9 Å². The van der Waals surface area contributed by atoms with Crippen molar-refractivity contribution in [2.24, 2.45) is 11.8 Å². The van der Waals surface area contributed by atoms with Gasteiger partial charge in [0.05, 0.1) is 12.7 Å². The molecule has 0 radical (unpaired) electrons. The highest BCUT2D eigenvalue weighted by atomic mass is 16.2. The van der Waals surface area contributed by atoms with Gasteiger partial charge in [-0.15, -0.1) is 0 Å². The van der Waals surface area contributed by atoms with Crippen LogP contribution in [0.1, 0.15) is 137 Å². The van der Waals surface area contributed by atoms with E-state index >= 15 is 0 Å². The molecule has 0 aliphatic carbocycles. The quantitative estimate of drug-likeness (QED) is 0.0291. The lowest BCUT2D eigenvalue weighted by Gasteiger charge is -2.26. The van der Waals surface area contributed by atoms with Gasteiger partial charge in [-0.3, -0.25) is 28.8 Å². The Kier molecular flexibility index (Phi) is 23.2. The first kappa shape index (κ1) is 52.3. The molecule has 6 amide bonds. The fourth-order valence-corrected chi connectivity index (χ4v) is 7.53. The second-order valence-electron chi connectivity index (χ2n) is 17.2. The molecule has 2 unspecified atom stereocenters. The topological polar surface area (TPSA) is 232 Å². The van der Waals surface area contributed by atoms with Crippen LogP contribution in [-0.4, -0.2) is 92.6 Å². The molecule has 6 atom stereocenters. The highest BCUT2D eigenvalue weighted by molar-refractivity contribution is 5.99. The number of carbonyl (C=O) groups excluding carboxylic acids is 6. The van der Waals surface area contributed by atoms with Gasteiger partial charge >= 0.3 is 0 Å². The molecule has 66 heavy (non-hydrogen) atoms. The second kappa shape index (κ2) is 29.3. The number of hydrogen-bond donors (Lipinski definition) is 8. The third-order valence-corrected chi connectivity index (χ3v) is 12.1. The number of rotatable bonds is 31. The molecular formula is C50H72N10O6. The zero-order valence-electron chi connectivity index (χ0n) is 39.2. The lowest BCUT2D eigenvalue weighted by molar-refractivity contribution is -0.131. The minimum absolute atomic E-state index is 0.118. The summed E-state index contributed by atoms with van der Waals surface area (Å²) in [4.78, 5) is 93.9. The molecule has 16 heteroatoms. The maximum atomic E-state index is 13.6. The predicted octanol–water partition coefficient (Wildman–Crippen LogP) is 5.71. The molecular weight excluding hydrogens is 837 g/mol. The number of aromatic nitrogens is 4. The Morgan fingerprint density at radius 2 is 0.833 bits per heavy atom. The second-order valence-corrected chi connectivity index (χ2v) is 17.2. The van der Waals surface area contributed by atoms with E-state index < -0.39 is 36.0 Å². The third-order valence-electron chi connectivity index (χ3n) is 12.1. The van der Waals surface area contributed by atoms with Gasteiger partial charge in [-0.25, -0.2) is 9.97 Å². The van der Waals surface area contributed by atoms with Crippen molar-refractivity contribution in [2.45, 2.75) is 142 Å². The summed E-state index contributed by atoms with van der Waals surface area (Å²) in [5.74, 6) is -2.32. The van der Waals surface area contributed by atoms with E-state index in [0.29, 0.717) is 48.4 Å². The number of nitrogens with zero attached hydrogens (tertiary/aromatic N) is 2. The van der Waals surface area contributed by atoms with Crippen LogP contribution in [0.25, 0.3) is 0 Å². The molecule has 0 spiro atoms. The normalized spacial score (nSPS) is 13.8. The van der Waals surface area contributed by atoms with Crippen molar-refractivity contribution >= 4 is 35.4 Å². The summed E-state index contributed by atoms with van der Waals surface area (Å²) in [5.41, 5.74) is 2.24. The minimum Gasteiger partial charge on any atom is -0.354 e. The average Bonchev–Trinajstić information content (AvgIpc) is 4.07. The Bertz CT molecular complexity index is 1880. The Morgan fingerprint density at radius 1 is 0.485 bits per heavy atom. The van der Waals surface area contributed by atoms with Gasteiger partial charge in [-0.1, -0.05) is 128 Å². The molecule has 0 aliphatic heterocycles. The van der Waals surface area contributed by atoms with Crippen LogP contribution < -0.4 is 31.9 Å². The molecule has 16 nitrogen and oxygen atoms in total. The Labute approximate surface area is 389 Å². The molecule has 358 valence electrons. The van der Waals surface area contributed by atoms with E-state index in [1.165, 1.54) is 12.7 Å². The maximum absolute atomic E-state index is 13.6. The number of amides is 6. The van der Waals surface area contributed by atoms with Crippen LogP contribution >= 0.6 is 0 Å².